The van der Waals surface area contributed by atoms with E-state index in [0.29, 0.717) is 16.0 Å². The maximum Gasteiger partial charge on any atom is 0.344 e. The fraction of sp³-hybridized carbons (Fsp3) is 0.429. The van der Waals surface area contributed by atoms with Crippen LogP contribution in [0.15, 0.2) is 15.7 Å². The van der Waals surface area contributed by atoms with Gasteiger partial charge in [-0.15, -0.1) is 5.10 Å². The van der Waals surface area contributed by atoms with Crippen molar-refractivity contribution >= 4 is 28.1 Å². The molecular formula is C7H8N6O2S2. The normalized spacial score (nSPS) is 10.6. The predicted molar refractivity (Wildman–Crippen MR) is 61.0 cm³/mol. The molecule has 0 N–H and O–H groups in total. The summed E-state index contributed by atoms with van der Waals surface area (Å²) in [5.41, 5.74) is 0. The van der Waals surface area contributed by atoms with Crippen LogP contribution in [0.25, 0.3) is 0 Å². The van der Waals surface area contributed by atoms with Crippen molar-refractivity contribution in [3.05, 3.63) is 16.3 Å². The van der Waals surface area contributed by atoms with Crippen molar-refractivity contribution in [2.75, 3.05) is 0 Å². The molecular weight excluding hydrogens is 264 g/mol. The van der Waals surface area contributed by atoms with E-state index in [-0.39, 0.29) is 5.00 Å². The summed E-state index contributed by atoms with van der Waals surface area (Å²) in [4.78, 5) is 14.0. The van der Waals surface area contributed by atoms with Gasteiger partial charge in [0.1, 0.15) is 6.20 Å². The number of aryl methyl sites for hydroxylation is 1. The van der Waals surface area contributed by atoms with Crippen LogP contribution >= 0.6 is 23.1 Å². The maximum absolute atomic E-state index is 10.5. The molecule has 0 aliphatic rings. The van der Waals surface area contributed by atoms with E-state index < -0.39 is 4.92 Å². The first-order valence-corrected chi connectivity index (χ1v) is 6.38. The van der Waals surface area contributed by atoms with Crippen molar-refractivity contribution in [1.29, 1.82) is 0 Å². The fourth-order valence-corrected chi connectivity index (χ4v) is 2.76. The number of nitrogens with zero attached hydrogens (tertiary/aromatic N) is 6. The molecule has 10 heteroatoms. The number of nitro groups is 1. The molecule has 0 saturated carbocycles. The first-order chi connectivity index (χ1) is 8.20. The highest BCUT2D eigenvalue weighted by molar-refractivity contribution is 8.00. The Bertz CT molecular complexity index is 524. The smallest absolute Gasteiger partial charge is 0.257 e. The molecule has 0 saturated heterocycles. The predicted octanol–water partition coefficient (Wildman–Crippen LogP) is 1.60. The summed E-state index contributed by atoms with van der Waals surface area (Å²) in [6.07, 6.45) is 2.15. The molecule has 8 nitrogen and oxygen atoms in total. The molecule has 0 atom stereocenters. The van der Waals surface area contributed by atoms with Gasteiger partial charge >= 0.3 is 5.00 Å². The average molecular weight is 272 g/mol. The molecule has 2 aromatic rings. The van der Waals surface area contributed by atoms with Gasteiger partial charge in [-0.1, -0.05) is 6.92 Å². The van der Waals surface area contributed by atoms with E-state index in [4.69, 9.17) is 0 Å². The Labute approximate surface area is 104 Å². The van der Waals surface area contributed by atoms with Gasteiger partial charge in [0.25, 0.3) is 0 Å². The third kappa shape index (κ3) is 2.77. The Morgan fingerprint density at radius 3 is 3.12 bits per heavy atom. The molecule has 2 rings (SSSR count). The van der Waals surface area contributed by atoms with Crippen molar-refractivity contribution in [2.45, 2.75) is 29.4 Å². The van der Waals surface area contributed by atoms with Gasteiger partial charge in [-0.25, -0.2) is 9.67 Å². The van der Waals surface area contributed by atoms with Crippen LogP contribution in [-0.4, -0.2) is 30.1 Å². The molecule has 0 radical (unpaired) electrons. The Balaban J connectivity index is 2.13. The number of hydrogen-bond donors (Lipinski definition) is 0. The minimum absolute atomic E-state index is 0.0158. The van der Waals surface area contributed by atoms with Crippen LogP contribution < -0.4 is 0 Å². The standard InChI is InChI=1S/C7H8N6O2S2/c1-2-3-12-6(9-10-11-12)17-7-8-4-5(16-7)13(14)15/h4H,2-3H2,1H3. The van der Waals surface area contributed by atoms with Gasteiger partial charge in [-0.2, -0.15) is 0 Å². The molecule has 0 bridgehead atoms. The molecule has 0 amide bonds. The second-order valence-corrected chi connectivity index (χ2v) is 5.23. The Morgan fingerprint density at radius 2 is 2.47 bits per heavy atom. The topological polar surface area (TPSA) is 99.6 Å². The number of hydrogen-bond acceptors (Lipinski definition) is 8. The van der Waals surface area contributed by atoms with Gasteiger partial charge in [0.05, 0.1) is 4.92 Å². The van der Waals surface area contributed by atoms with Crippen LogP contribution in [0, 0.1) is 10.1 Å². The number of rotatable bonds is 5. The summed E-state index contributed by atoms with van der Waals surface area (Å²) in [5, 5.41) is 22.3. The lowest BCUT2D eigenvalue weighted by Crippen LogP contribution is -2.00. The largest absolute Gasteiger partial charge is 0.344 e. The van der Waals surface area contributed by atoms with Gasteiger partial charge < -0.3 is 0 Å². The summed E-state index contributed by atoms with van der Waals surface area (Å²) in [6, 6.07) is 0. The van der Waals surface area contributed by atoms with Crippen molar-refractivity contribution in [3.63, 3.8) is 0 Å². The second kappa shape index (κ2) is 5.19. The van der Waals surface area contributed by atoms with E-state index in [0.717, 1.165) is 17.8 Å². The maximum atomic E-state index is 10.5. The third-order valence-corrected chi connectivity index (χ3v) is 3.76. The van der Waals surface area contributed by atoms with E-state index in [9.17, 15) is 10.1 Å². The molecule has 0 aromatic carbocycles. The first-order valence-electron chi connectivity index (χ1n) is 4.75. The van der Waals surface area contributed by atoms with Gasteiger partial charge in [-0.05, 0) is 39.9 Å². The van der Waals surface area contributed by atoms with E-state index in [1.165, 1.54) is 18.0 Å². The summed E-state index contributed by atoms with van der Waals surface area (Å²) in [5.74, 6) is 0. The molecule has 90 valence electrons. The van der Waals surface area contributed by atoms with E-state index in [1.807, 2.05) is 6.92 Å². The molecule has 0 unspecified atom stereocenters. The molecule has 0 fully saturated rings. The lowest BCUT2D eigenvalue weighted by atomic mass is 10.5. The fourth-order valence-electron chi connectivity index (χ4n) is 1.08. The number of thiazole rings is 1. The molecule has 17 heavy (non-hydrogen) atoms. The summed E-state index contributed by atoms with van der Waals surface area (Å²) < 4.78 is 2.21. The van der Waals surface area contributed by atoms with Crippen LogP contribution in [0.5, 0.6) is 0 Å². The molecule has 2 heterocycles. The van der Waals surface area contributed by atoms with Crippen LogP contribution in [0.4, 0.5) is 5.00 Å². The van der Waals surface area contributed by atoms with Crippen LogP contribution in [0.1, 0.15) is 13.3 Å². The summed E-state index contributed by atoms with van der Waals surface area (Å²) in [7, 11) is 0. The minimum Gasteiger partial charge on any atom is -0.257 e. The Morgan fingerprint density at radius 1 is 1.65 bits per heavy atom. The average Bonchev–Trinajstić information content (AvgIpc) is 2.90. The highest BCUT2D eigenvalue weighted by Crippen LogP contribution is 2.32. The van der Waals surface area contributed by atoms with Crippen LogP contribution in [0.2, 0.25) is 0 Å². The zero-order valence-corrected chi connectivity index (χ0v) is 10.4. The zero-order valence-electron chi connectivity index (χ0n) is 8.81. The zero-order chi connectivity index (χ0) is 12.3. The molecule has 0 spiro atoms. The Hall–Kier alpha value is -1.55. The molecule has 2 aromatic heterocycles. The van der Waals surface area contributed by atoms with Crippen LogP contribution in [0.3, 0.4) is 0 Å². The lowest BCUT2D eigenvalue weighted by Gasteiger charge is -1.98. The first kappa shape index (κ1) is 11.9. The number of aromatic nitrogens is 5. The van der Waals surface area contributed by atoms with E-state index in [2.05, 4.69) is 20.5 Å². The van der Waals surface area contributed by atoms with E-state index in [1.54, 1.807) is 4.68 Å². The van der Waals surface area contributed by atoms with Gasteiger partial charge in [0.2, 0.25) is 5.16 Å². The lowest BCUT2D eigenvalue weighted by molar-refractivity contribution is -0.380. The monoisotopic (exact) mass is 272 g/mol. The van der Waals surface area contributed by atoms with Crippen molar-refractivity contribution < 1.29 is 4.92 Å². The van der Waals surface area contributed by atoms with Gasteiger partial charge in [-0.3, -0.25) is 10.1 Å². The highest BCUT2D eigenvalue weighted by atomic mass is 32.2. The SMILES string of the molecule is CCCn1nnnc1Sc1ncc([N+](=O)[O-])s1. The van der Waals surface area contributed by atoms with Crippen molar-refractivity contribution in [3.8, 4) is 0 Å². The van der Waals surface area contributed by atoms with Gasteiger partial charge in [0, 0.05) is 6.54 Å². The summed E-state index contributed by atoms with van der Waals surface area (Å²) >= 11 is 2.24. The van der Waals surface area contributed by atoms with Crippen molar-refractivity contribution in [1.82, 2.24) is 25.2 Å². The van der Waals surface area contributed by atoms with Crippen molar-refractivity contribution in [2.24, 2.45) is 0 Å². The number of tetrazole rings is 1. The van der Waals surface area contributed by atoms with Crippen LogP contribution in [-0.2, 0) is 6.54 Å². The second-order valence-electron chi connectivity index (χ2n) is 3.01. The highest BCUT2D eigenvalue weighted by Gasteiger charge is 2.15. The quantitative estimate of drug-likeness (QED) is 0.602. The molecule has 0 aliphatic carbocycles. The minimum atomic E-state index is -0.462. The Kier molecular flexibility index (Phi) is 3.64. The van der Waals surface area contributed by atoms with E-state index >= 15 is 0 Å². The van der Waals surface area contributed by atoms with Gasteiger partial charge in [0.15, 0.2) is 4.34 Å². The summed E-state index contributed by atoms with van der Waals surface area (Å²) in [6.45, 7) is 2.73. The third-order valence-electron chi connectivity index (χ3n) is 1.77. The molecule has 0 aliphatic heterocycles.